The van der Waals surface area contributed by atoms with E-state index in [1.54, 1.807) is 13.8 Å². The van der Waals surface area contributed by atoms with E-state index in [4.69, 9.17) is 10.00 Å². The van der Waals surface area contributed by atoms with Crippen molar-refractivity contribution in [3.05, 3.63) is 71.3 Å². The molecule has 24 heavy (non-hydrogen) atoms. The number of nitriles is 1. The molecule has 0 aliphatic rings. The number of rotatable bonds is 7. The SMILES string of the molecule is CC(C)(C#N)C(=O)NCc1ccc(COCc2ccccc2)cc1. The van der Waals surface area contributed by atoms with E-state index in [-0.39, 0.29) is 5.91 Å². The second kappa shape index (κ2) is 8.28. The first-order chi connectivity index (χ1) is 11.5. The van der Waals surface area contributed by atoms with Crippen LogP contribution in [-0.4, -0.2) is 5.91 Å². The van der Waals surface area contributed by atoms with Gasteiger partial charge in [0.1, 0.15) is 5.41 Å². The molecule has 1 amide bonds. The van der Waals surface area contributed by atoms with Crippen molar-refractivity contribution in [2.45, 2.75) is 33.6 Å². The molecule has 0 saturated heterocycles. The van der Waals surface area contributed by atoms with Crippen molar-refractivity contribution >= 4 is 5.91 Å². The van der Waals surface area contributed by atoms with Crippen LogP contribution in [0.2, 0.25) is 0 Å². The zero-order valence-electron chi connectivity index (χ0n) is 14.1. The van der Waals surface area contributed by atoms with E-state index >= 15 is 0 Å². The first-order valence-corrected chi connectivity index (χ1v) is 7.90. The Morgan fingerprint density at radius 2 is 1.54 bits per heavy atom. The molecule has 0 aromatic heterocycles. The summed E-state index contributed by atoms with van der Waals surface area (Å²) < 4.78 is 5.70. The highest BCUT2D eigenvalue weighted by Crippen LogP contribution is 2.13. The minimum Gasteiger partial charge on any atom is -0.372 e. The Hall–Kier alpha value is -2.64. The van der Waals surface area contributed by atoms with E-state index in [2.05, 4.69) is 5.32 Å². The van der Waals surface area contributed by atoms with Gasteiger partial charge in [0.05, 0.1) is 19.3 Å². The van der Waals surface area contributed by atoms with Crippen LogP contribution in [-0.2, 0) is 29.3 Å². The number of benzene rings is 2. The van der Waals surface area contributed by atoms with Crippen molar-refractivity contribution in [1.82, 2.24) is 5.32 Å². The third kappa shape index (κ3) is 5.22. The number of hydrogen-bond donors (Lipinski definition) is 1. The maximum absolute atomic E-state index is 11.9. The highest BCUT2D eigenvalue weighted by atomic mass is 16.5. The maximum Gasteiger partial charge on any atom is 0.240 e. The van der Waals surface area contributed by atoms with E-state index in [1.165, 1.54) is 0 Å². The Balaban J connectivity index is 1.78. The standard InChI is InChI=1S/C20H22N2O2/c1-20(2,15-21)19(23)22-12-16-8-10-18(11-9-16)14-24-13-17-6-4-3-5-7-17/h3-11H,12-14H2,1-2H3,(H,22,23). The third-order valence-corrected chi connectivity index (χ3v) is 3.70. The smallest absolute Gasteiger partial charge is 0.240 e. The van der Waals surface area contributed by atoms with Crippen LogP contribution in [0.3, 0.4) is 0 Å². The highest BCUT2D eigenvalue weighted by Gasteiger charge is 2.26. The van der Waals surface area contributed by atoms with Gasteiger partial charge in [-0.15, -0.1) is 0 Å². The minimum atomic E-state index is -1.01. The van der Waals surface area contributed by atoms with Crippen molar-refractivity contribution < 1.29 is 9.53 Å². The molecule has 0 heterocycles. The summed E-state index contributed by atoms with van der Waals surface area (Å²) in [6.45, 7) is 4.75. The Morgan fingerprint density at radius 3 is 2.12 bits per heavy atom. The lowest BCUT2D eigenvalue weighted by molar-refractivity contribution is -0.126. The number of carbonyl (C=O) groups is 1. The van der Waals surface area contributed by atoms with Gasteiger partial charge in [-0.25, -0.2) is 0 Å². The fourth-order valence-electron chi connectivity index (χ4n) is 2.07. The molecule has 0 bridgehead atoms. The zero-order valence-corrected chi connectivity index (χ0v) is 14.1. The van der Waals surface area contributed by atoms with E-state index < -0.39 is 5.41 Å². The second-order valence-corrected chi connectivity index (χ2v) is 6.21. The first-order valence-electron chi connectivity index (χ1n) is 7.90. The number of ether oxygens (including phenoxy) is 1. The van der Waals surface area contributed by atoms with Crippen molar-refractivity contribution in [3.8, 4) is 6.07 Å². The molecule has 0 radical (unpaired) electrons. The van der Waals surface area contributed by atoms with Crippen LogP contribution in [0.5, 0.6) is 0 Å². The molecule has 1 N–H and O–H groups in total. The van der Waals surface area contributed by atoms with Gasteiger partial charge >= 0.3 is 0 Å². The minimum absolute atomic E-state index is 0.264. The summed E-state index contributed by atoms with van der Waals surface area (Å²) in [6.07, 6.45) is 0. The summed E-state index contributed by atoms with van der Waals surface area (Å²) in [7, 11) is 0. The van der Waals surface area contributed by atoms with Crippen molar-refractivity contribution in [3.63, 3.8) is 0 Å². The predicted molar refractivity (Wildman–Crippen MR) is 92.6 cm³/mol. The average molecular weight is 322 g/mol. The van der Waals surface area contributed by atoms with Gasteiger partial charge in [-0.1, -0.05) is 54.6 Å². The van der Waals surface area contributed by atoms with Gasteiger partial charge in [-0.05, 0) is 30.5 Å². The predicted octanol–water partition coefficient (Wildman–Crippen LogP) is 3.57. The van der Waals surface area contributed by atoms with Gasteiger partial charge in [0, 0.05) is 6.54 Å². The molecule has 0 atom stereocenters. The van der Waals surface area contributed by atoms with Gasteiger partial charge in [0.25, 0.3) is 0 Å². The zero-order chi connectivity index (χ0) is 17.4. The van der Waals surface area contributed by atoms with E-state index in [1.807, 2.05) is 60.7 Å². The lowest BCUT2D eigenvalue weighted by Gasteiger charge is -2.15. The normalized spacial score (nSPS) is 10.9. The topological polar surface area (TPSA) is 62.1 Å². The van der Waals surface area contributed by atoms with Crippen LogP contribution < -0.4 is 5.32 Å². The Kier molecular flexibility index (Phi) is 6.11. The van der Waals surface area contributed by atoms with Crippen molar-refractivity contribution in [2.75, 3.05) is 0 Å². The average Bonchev–Trinajstić information content (AvgIpc) is 2.61. The van der Waals surface area contributed by atoms with Crippen LogP contribution in [0.4, 0.5) is 0 Å². The van der Waals surface area contributed by atoms with Gasteiger partial charge in [0.2, 0.25) is 5.91 Å². The molecule has 2 rings (SSSR count). The number of nitrogens with zero attached hydrogens (tertiary/aromatic N) is 1. The molecule has 0 fully saturated rings. The monoisotopic (exact) mass is 322 g/mol. The fourth-order valence-corrected chi connectivity index (χ4v) is 2.07. The van der Waals surface area contributed by atoms with E-state index in [9.17, 15) is 4.79 Å². The molecular weight excluding hydrogens is 300 g/mol. The van der Waals surface area contributed by atoms with Crippen molar-refractivity contribution in [2.24, 2.45) is 5.41 Å². The summed E-state index contributed by atoms with van der Waals surface area (Å²) in [5.74, 6) is -0.264. The fraction of sp³-hybridized carbons (Fsp3) is 0.300. The van der Waals surface area contributed by atoms with Gasteiger partial charge in [-0.3, -0.25) is 4.79 Å². The Morgan fingerprint density at radius 1 is 1.00 bits per heavy atom. The van der Waals surface area contributed by atoms with Crippen molar-refractivity contribution in [1.29, 1.82) is 5.26 Å². The molecule has 0 aliphatic heterocycles. The highest BCUT2D eigenvalue weighted by molar-refractivity contribution is 5.84. The van der Waals surface area contributed by atoms with Crippen LogP contribution in [0, 0.1) is 16.7 Å². The first kappa shape index (κ1) is 17.7. The second-order valence-electron chi connectivity index (χ2n) is 6.21. The Bertz CT molecular complexity index is 701. The van der Waals surface area contributed by atoms with Gasteiger partial charge in [-0.2, -0.15) is 5.26 Å². The molecule has 2 aromatic rings. The van der Waals surface area contributed by atoms with E-state index in [0.717, 1.165) is 16.7 Å². The summed E-state index contributed by atoms with van der Waals surface area (Å²) in [5.41, 5.74) is 2.21. The van der Waals surface area contributed by atoms with E-state index in [0.29, 0.717) is 19.8 Å². The number of carbonyl (C=O) groups excluding carboxylic acids is 1. The van der Waals surface area contributed by atoms with Crippen LogP contribution in [0.1, 0.15) is 30.5 Å². The van der Waals surface area contributed by atoms with Gasteiger partial charge in [0.15, 0.2) is 0 Å². The molecule has 4 nitrogen and oxygen atoms in total. The van der Waals surface area contributed by atoms with Crippen LogP contribution >= 0.6 is 0 Å². The third-order valence-electron chi connectivity index (χ3n) is 3.70. The number of amides is 1. The molecule has 0 spiro atoms. The number of nitrogens with one attached hydrogen (secondary N) is 1. The maximum atomic E-state index is 11.9. The molecule has 4 heteroatoms. The number of hydrogen-bond acceptors (Lipinski definition) is 3. The summed E-state index contributed by atoms with van der Waals surface area (Å²) in [5, 5.41) is 11.7. The molecule has 0 saturated carbocycles. The van der Waals surface area contributed by atoms with Crippen LogP contribution in [0.15, 0.2) is 54.6 Å². The molecule has 0 unspecified atom stereocenters. The molecule has 124 valence electrons. The summed E-state index contributed by atoms with van der Waals surface area (Å²) in [4.78, 5) is 11.9. The molecule has 2 aromatic carbocycles. The summed E-state index contributed by atoms with van der Waals surface area (Å²) in [6, 6.07) is 19.9. The lowest BCUT2D eigenvalue weighted by atomic mass is 9.95. The van der Waals surface area contributed by atoms with Gasteiger partial charge < -0.3 is 10.1 Å². The molecular formula is C20H22N2O2. The Labute approximate surface area is 143 Å². The largest absolute Gasteiger partial charge is 0.372 e. The molecule has 0 aliphatic carbocycles. The summed E-state index contributed by atoms with van der Waals surface area (Å²) >= 11 is 0. The van der Waals surface area contributed by atoms with Crippen LogP contribution in [0.25, 0.3) is 0 Å². The lowest BCUT2D eigenvalue weighted by Crippen LogP contribution is -2.35. The quantitative estimate of drug-likeness (QED) is 0.847.